The lowest BCUT2D eigenvalue weighted by Crippen LogP contribution is -2.39. The Morgan fingerprint density at radius 2 is 1.85 bits per heavy atom. The van der Waals surface area contributed by atoms with Gasteiger partial charge in [-0.25, -0.2) is 0 Å². The van der Waals surface area contributed by atoms with Crippen molar-refractivity contribution in [2.75, 3.05) is 23.3 Å². The van der Waals surface area contributed by atoms with Crippen LogP contribution in [-0.4, -0.2) is 29.1 Å². The normalized spacial score (nSPS) is 16.1. The van der Waals surface area contributed by atoms with Crippen LogP contribution < -0.4 is 10.2 Å². The number of nitrogens with zero attached hydrogens (tertiary/aromatic N) is 3. The molecule has 0 aliphatic carbocycles. The molecule has 1 aliphatic rings. The molecule has 1 fully saturated rings. The van der Waals surface area contributed by atoms with E-state index in [1.807, 2.05) is 24.7 Å². The fourth-order valence-corrected chi connectivity index (χ4v) is 2.69. The van der Waals surface area contributed by atoms with Crippen molar-refractivity contribution < 1.29 is 0 Å². The lowest BCUT2D eigenvalue weighted by atomic mass is 10.0. The number of hydrogen-bond acceptors (Lipinski definition) is 4. The van der Waals surface area contributed by atoms with Crippen molar-refractivity contribution in [2.45, 2.75) is 25.8 Å². The van der Waals surface area contributed by atoms with Gasteiger partial charge in [0.05, 0.1) is 11.4 Å². The van der Waals surface area contributed by atoms with Gasteiger partial charge in [0.2, 0.25) is 0 Å². The van der Waals surface area contributed by atoms with E-state index >= 15 is 0 Å². The van der Waals surface area contributed by atoms with E-state index in [-0.39, 0.29) is 0 Å². The Balaban J connectivity index is 1.58. The first-order valence-electron chi connectivity index (χ1n) is 7.16. The molecule has 0 bridgehead atoms. The van der Waals surface area contributed by atoms with Crippen LogP contribution in [0.1, 0.15) is 18.5 Å². The molecule has 4 nitrogen and oxygen atoms in total. The molecule has 0 aromatic carbocycles. The van der Waals surface area contributed by atoms with Gasteiger partial charge in [-0.2, -0.15) is 0 Å². The molecule has 0 unspecified atom stereocenters. The predicted molar refractivity (Wildman–Crippen MR) is 82.1 cm³/mol. The SMILES string of the molecule is Cc1ncccc1NC1CCN(c2ccncc2)CC1. The molecular weight excluding hydrogens is 248 g/mol. The third kappa shape index (κ3) is 2.90. The van der Waals surface area contributed by atoms with Crippen LogP contribution in [0, 0.1) is 6.92 Å². The Morgan fingerprint density at radius 1 is 1.10 bits per heavy atom. The van der Waals surface area contributed by atoms with Crippen LogP contribution in [-0.2, 0) is 0 Å². The second kappa shape index (κ2) is 5.90. The number of aryl methyl sites for hydroxylation is 1. The minimum Gasteiger partial charge on any atom is -0.381 e. The average molecular weight is 268 g/mol. The standard InChI is InChI=1S/C16H20N4/c1-13-16(3-2-8-18-13)19-14-6-11-20(12-7-14)15-4-9-17-10-5-15/h2-5,8-10,14,19H,6-7,11-12H2,1H3. The van der Waals surface area contributed by atoms with E-state index in [0.29, 0.717) is 6.04 Å². The van der Waals surface area contributed by atoms with Gasteiger partial charge in [-0.1, -0.05) is 0 Å². The first-order chi connectivity index (χ1) is 9.83. The maximum atomic E-state index is 4.33. The van der Waals surface area contributed by atoms with Gasteiger partial charge in [0.15, 0.2) is 0 Å². The highest BCUT2D eigenvalue weighted by molar-refractivity contribution is 5.49. The molecule has 1 N–H and O–H groups in total. The number of nitrogens with one attached hydrogen (secondary N) is 1. The van der Waals surface area contributed by atoms with E-state index in [2.05, 4.69) is 45.3 Å². The first kappa shape index (κ1) is 12.9. The van der Waals surface area contributed by atoms with Crippen molar-refractivity contribution in [2.24, 2.45) is 0 Å². The van der Waals surface area contributed by atoms with E-state index < -0.39 is 0 Å². The van der Waals surface area contributed by atoms with Crippen LogP contribution in [0.4, 0.5) is 11.4 Å². The van der Waals surface area contributed by atoms with Crippen molar-refractivity contribution in [1.82, 2.24) is 9.97 Å². The third-order valence-corrected chi connectivity index (χ3v) is 3.89. The minimum absolute atomic E-state index is 0.538. The average Bonchev–Trinajstić information content (AvgIpc) is 2.51. The fraction of sp³-hybridized carbons (Fsp3) is 0.375. The highest BCUT2D eigenvalue weighted by Gasteiger charge is 2.19. The summed E-state index contributed by atoms with van der Waals surface area (Å²) in [6.45, 7) is 4.22. The molecule has 0 spiro atoms. The molecule has 104 valence electrons. The zero-order chi connectivity index (χ0) is 13.8. The van der Waals surface area contributed by atoms with Gasteiger partial charge < -0.3 is 10.2 Å². The van der Waals surface area contributed by atoms with Gasteiger partial charge in [0.1, 0.15) is 0 Å². The van der Waals surface area contributed by atoms with E-state index in [0.717, 1.165) is 37.3 Å². The molecule has 3 heterocycles. The van der Waals surface area contributed by atoms with Crippen LogP contribution in [0.2, 0.25) is 0 Å². The molecule has 3 rings (SSSR count). The van der Waals surface area contributed by atoms with Crippen molar-refractivity contribution in [3.8, 4) is 0 Å². The summed E-state index contributed by atoms with van der Waals surface area (Å²) in [5, 5.41) is 3.62. The molecule has 20 heavy (non-hydrogen) atoms. The molecule has 2 aromatic heterocycles. The molecule has 1 aliphatic heterocycles. The Bertz CT molecular complexity index is 547. The zero-order valence-electron chi connectivity index (χ0n) is 11.8. The van der Waals surface area contributed by atoms with Crippen molar-refractivity contribution in [1.29, 1.82) is 0 Å². The molecule has 0 atom stereocenters. The number of hydrogen-bond donors (Lipinski definition) is 1. The van der Waals surface area contributed by atoms with Crippen LogP contribution in [0.5, 0.6) is 0 Å². The molecule has 0 amide bonds. The molecule has 0 saturated carbocycles. The first-order valence-corrected chi connectivity index (χ1v) is 7.16. The summed E-state index contributed by atoms with van der Waals surface area (Å²) in [6, 6.07) is 8.80. The van der Waals surface area contributed by atoms with Gasteiger partial charge in [0, 0.05) is 43.4 Å². The topological polar surface area (TPSA) is 41.1 Å². The van der Waals surface area contributed by atoms with E-state index in [4.69, 9.17) is 0 Å². The lowest BCUT2D eigenvalue weighted by molar-refractivity contribution is 0.526. The maximum Gasteiger partial charge on any atom is 0.0603 e. The number of piperidine rings is 1. The van der Waals surface area contributed by atoms with E-state index in [9.17, 15) is 0 Å². The van der Waals surface area contributed by atoms with Gasteiger partial charge in [-0.15, -0.1) is 0 Å². The smallest absolute Gasteiger partial charge is 0.0603 e. The zero-order valence-corrected chi connectivity index (χ0v) is 11.8. The monoisotopic (exact) mass is 268 g/mol. The quantitative estimate of drug-likeness (QED) is 0.929. The highest BCUT2D eigenvalue weighted by atomic mass is 15.1. The Labute approximate surface area is 119 Å². The van der Waals surface area contributed by atoms with Crippen LogP contribution in [0.3, 0.4) is 0 Å². The molecule has 2 aromatic rings. The number of rotatable bonds is 3. The predicted octanol–water partition coefficient (Wildman–Crippen LogP) is 2.87. The van der Waals surface area contributed by atoms with E-state index in [1.54, 1.807) is 0 Å². The van der Waals surface area contributed by atoms with E-state index in [1.165, 1.54) is 5.69 Å². The second-order valence-corrected chi connectivity index (χ2v) is 5.25. The molecule has 4 heteroatoms. The lowest BCUT2D eigenvalue weighted by Gasteiger charge is -2.34. The van der Waals surface area contributed by atoms with Gasteiger partial charge >= 0.3 is 0 Å². The summed E-state index contributed by atoms with van der Waals surface area (Å²) in [4.78, 5) is 10.8. The minimum atomic E-state index is 0.538. The fourth-order valence-electron chi connectivity index (χ4n) is 2.69. The molecule has 1 saturated heterocycles. The summed E-state index contributed by atoms with van der Waals surface area (Å²) < 4.78 is 0. The largest absolute Gasteiger partial charge is 0.381 e. The third-order valence-electron chi connectivity index (χ3n) is 3.89. The van der Waals surface area contributed by atoms with Crippen molar-refractivity contribution in [3.63, 3.8) is 0 Å². The summed E-state index contributed by atoms with van der Waals surface area (Å²) in [5.74, 6) is 0. The summed E-state index contributed by atoms with van der Waals surface area (Å²) in [7, 11) is 0. The van der Waals surface area contributed by atoms with Crippen LogP contribution in [0.15, 0.2) is 42.9 Å². The summed E-state index contributed by atoms with van der Waals surface area (Å²) in [5.41, 5.74) is 3.51. The number of pyridine rings is 2. The van der Waals surface area contributed by atoms with Crippen molar-refractivity contribution >= 4 is 11.4 Å². The maximum absolute atomic E-state index is 4.33. The summed E-state index contributed by atoms with van der Waals surface area (Å²) >= 11 is 0. The summed E-state index contributed by atoms with van der Waals surface area (Å²) in [6.07, 6.45) is 7.86. The Morgan fingerprint density at radius 3 is 2.55 bits per heavy atom. The van der Waals surface area contributed by atoms with Gasteiger partial charge in [0.25, 0.3) is 0 Å². The Kier molecular flexibility index (Phi) is 3.81. The van der Waals surface area contributed by atoms with Gasteiger partial charge in [-0.3, -0.25) is 9.97 Å². The second-order valence-electron chi connectivity index (χ2n) is 5.25. The van der Waals surface area contributed by atoms with Gasteiger partial charge in [-0.05, 0) is 44.0 Å². The number of aromatic nitrogens is 2. The molecular formula is C16H20N4. The van der Waals surface area contributed by atoms with Crippen LogP contribution >= 0.6 is 0 Å². The van der Waals surface area contributed by atoms with Crippen LogP contribution in [0.25, 0.3) is 0 Å². The van der Waals surface area contributed by atoms with Crippen molar-refractivity contribution in [3.05, 3.63) is 48.5 Å². The highest BCUT2D eigenvalue weighted by Crippen LogP contribution is 2.22. The molecule has 0 radical (unpaired) electrons. The number of anilines is 2. The Hall–Kier alpha value is -2.10.